The van der Waals surface area contributed by atoms with E-state index in [4.69, 9.17) is 15.5 Å². The van der Waals surface area contributed by atoms with Crippen LogP contribution < -0.4 is 10.5 Å². The number of ether oxygens (including phenoxy) is 1. The number of rotatable bonds is 4. The predicted molar refractivity (Wildman–Crippen MR) is 116 cm³/mol. The zero-order valence-electron chi connectivity index (χ0n) is 17.0. The van der Waals surface area contributed by atoms with Crippen LogP contribution in [0.15, 0.2) is 18.6 Å². The van der Waals surface area contributed by atoms with Crippen LogP contribution in [0.3, 0.4) is 0 Å². The second kappa shape index (κ2) is 7.11. The number of H-pyrrole nitrogens is 1. The number of aromatic amines is 1. The predicted octanol–water partition coefficient (Wildman–Crippen LogP) is 4.45. The summed E-state index contributed by atoms with van der Waals surface area (Å²) < 4.78 is 7.31. The molecule has 0 radical (unpaired) electrons. The highest BCUT2D eigenvalue weighted by Crippen LogP contribution is 2.42. The number of hydrogen-bond donors (Lipinski definition) is 2. The number of nitrogens with two attached hydrogens (primary N) is 1. The summed E-state index contributed by atoms with van der Waals surface area (Å²) in [5.41, 5.74) is 11.3. The molecule has 1 aliphatic carbocycles. The molecule has 7 nitrogen and oxygen atoms in total. The summed E-state index contributed by atoms with van der Waals surface area (Å²) in [6, 6.07) is 2.38. The van der Waals surface area contributed by atoms with Crippen molar-refractivity contribution in [2.45, 2.75) is 57.4 Å². The maximum Gasteiger partial charge on any atom is 0.197 e. The molecule has 1 saturated carbocycles. The third-order valence-corrected chi connectivity index (χ3v) is 7.09. The van der Waals surface area contributed by atoms with Crippen molar-refractivity contribution in [1.29, 1.82) is 0 Å². The van der Waals surface area contributed by atoms with Gasteiger partial charge >= 0.3 is 0 Å². The van der Waals surface area contributed by atoms with Gasteiger partial charge < -0.3 is 15.5 Å². The Morgan fingerprint density at radius 2 is 2.07 bits per heavy atom. The Hall–Kier alpha value is -2.45. The van der Waals surface area contributed by atoms with Crippen molar-refractivity contribution in [1.82, 2.24) is 24.6 Å². The first kappa shape index (κ1) is 18.6. The van der Waals surface area contributed by atoms with Crippen LogP contribution in [0.1, 0.15) is 61.9 Å². The van der Waals surface area contributed by atoms with Gasteiger partial charge in [-0.05, 0) is 37.7 Å². The lowest BCUT2D eigenvalue weighted by molar-refractivity contribution is 0.395. The fourth-order valence-corrected chi connectivity index (χ4v) is 5.57. The minimum absolute atomic E-state index is 0.339. The third kappa shape index (κ3) is 3.11. The van der Waals surface area contributed by atoms with Crippen molar-refractivity contribution in [3.8, 4) is 17.0 Å². The van der Waals surface area contributed by atoms with E-state index in [2.05, 4.69) is 28.9 Å². The first-order valence-electron chi connectivity index (χ1n) is 10.2. The van der Waals surface area contributed by atoms with Gasteiger partial charge in [-0.15, -0.1) is 11.3 Å². The average molecular weight is 411 g/mol. The molecule has 1 fully saturated rings. The van der Waals surface area contributed by atoms with Crippen LogP contribution in [0.4, 0.5) is 0 Å². The molecule has 0 aromatic carbocycles. The van der Waals surface area contributed by atoms with E-state index in [0.29, 0.717) is 29.3 Å². The second-order valence-corrected chi connectivity index (χ2v) is 9.27. The molecule has 4 aromatic heterocycles. The average Bonchev–Trinajstić information content (AvgIpc) is 3.41. The van der Waals surface area contributed by atoms with Crippen molar-refractivity contribution >= 4 is 27.3 Å². The lowest BCUT2D eigenvalue weighted by atomic mass is 9.87. The van der Waals surface area contributed by atoms with Crippen LogP contribution in [0, 0.1) is 0 Å². The topological polar surface area (TPSA) is 94.1 Å². The van der Waals surface area contributed by atoms with Gasteiger partial charge in [0, 0.05) is 29.3 Å². The summed E-state index contributed by atoms with van der Waals surface area (Å²) >= 11 is 1.79. The van der Waals surface area contributed by atoms with E-state index in [1.807, 2.05) is 12.3 Å². The van der Waals surface area contributed by atoms with E-state index in [-0.39, 0.29) is 0 Å². The molecule has 29 heavy (non-hydrogen) atoms. The summed E-state index contributed by atoms with van der Waals surface area (Å²) in [4.78, 5) is 14.2. The minimum atomic E-state index is 0.339. The van der Waals surface area contributed by atoms with Gasteiger partial charge in [0.15, 0.2) is 11.4 Å². The van der Waals surface area contributed by atoms with Crippen molar-refractivity contribution in [2.75, 3.05) is 7.11 Å². The van der Waals surface area contributed by atoms with Gasteiger partial charge in [-0.3, -0.25) is 0 Å². The van der Waals surface area contributed by atoms with E-state index in [9.17, 15) is 0 Å². The number of hydrogen-bond acceptors (Lipinski definition) is 6. The van der Waals surface area contributed by atoms with Crippen molar-refractivity contribution in [3.63, 3.8) is 0 Å². The van der Waals surface area contributed by atoms with E-state index >= 15 is 0 Å². The van der Waals surface area contributed by atoms with Crippen LogP contribution in [0.5, 0.6) is 5.75 Å². The minimum Gasteiger partial charge on any atom is -0.493 e. The summed E-state index contributed by atoms with van der Waals surface area (Å²) in [7, 11) is 1.66. The Bertz CT molecular complexity index is 1160. The number of nitrogens with one attached hydrogen (secondary N) is 1. The standard InChI is InChI=1S/C21H26N6OS/c1-11(2)16-17(13-8-15(28-3)19-23-10-24-27(19)9-13)25-21-18(16)26-20(29-21)12-4-6-14(22)7-5-12/h8-12,14,25H,4-7,22H2,1-3H3/t12-,14-. The van der Waals surface area contributed by atoms with Gasteiger partial charge in [0.05, 0.1) is 17.8 Å². The van der Waals surface area contributed by atoms with Gasteiger partial charge in [0.2, 0.25) is 0 Å². The van der Waals surface area contributed by atoms with Gasteiger partial charge in [0.25, 0.3) is 0 Å². The lowest BCUT2D eigenvalue weighted by Crippen LogP contribution is -2.25. The van der Waals surface area contributed by atoms with Crippen molar-refractivity contribution in [3.05, 3.63) is 29.2 Å². The van der Waals surface area contributed by atoms with Crippen LogP contribution in [0.25, 0.3) is 27.3 Å². The molecule has 152 valence electrons. The zero-order valence-corrected chi connectivity index (χ0v) is 17.8. The molecule has 0 unspecified atom stereocenters. The highest BCUT2D eigenvalue weighted by Gasteiger charge is 2.26. The van der Waals surface area contributed by atoms with Crippen LogP contribution in [-0.2, 0) is 0 Å². The SMILES string of the molecule is COc1cc(-c2[nH]c3sc([C@H]4CC[C@H](N)CC4)nc3c2C(C)C)cn2ncnc12. The lowest BCUT2D eigenvalue weighted by Gasteiger charge is -2.24. The number of thiazole rings is 1. The molecule has 5 rings (SSSR count). The van der Waals surface area contributed by atoms with E-state index in [1.165, 1.54) is 10.6 Å². The monoisotopic (exact) mass is 410 g/mol. The Labute approximate surface area is 173 Å². The fourth-order valence-electron chi connectivity index (χ4n) is 4.42. The van der Waals surface area contributed by atoms with Crippen LogP contribution >= 0.6 is 11.3 Å². The number of fused-ring (bicyclic) bond motifs is 2. The Kier molecular flexibility index (Phi) is 4.55. The summed E-state index contributed by atoms with van der Waals surface area (Å²) in [5.74, 6) is 1.58. The van der Waals surface area contributed by atoms with Crippen LogP contribution in [-0.4, -0.2) is 37.7 Å². The third-order valence-electron chi connectivity index (χ3n) is 5.96. The molecule has 0 spiro atoms. The normalized spacial score (nSPS) is 20.2. The largest absolute Gasteiger partial charge is 0.493 e. The van der Waals surface area contributed by atoms with Crippen molar-refractivity contribution < 1.29 is 4.74 Å². The Morgan fingerprint density at radius 1 is 1.28 bits per heavy atom. The highest BCUT2D eigenvalue weighted by molar-refractivity contribution is 7.18. The second-order valence-electron chi connectivity index (χ2n) is 8.24. The van der Waals surface area contributed by atoms with E-state index in [0.717, 1.165) is 47.3 Å². The first-order valence-corrected chi connectivity index (χ1v) is 11.0. The molecule has 3 N–H and O–H groups in total. The maximum absolute atomic E-state index is 6.09. The molecule has 0 aliphatic heterocycles. The molecule has 8 heteroatoms. The Balaban J connectivity index is 1.61. The summed E-state index contributed by atoms with van der Waals surface area (Å²) in [5, 5.41) is 5.55. The molecule has 1 aliphatic rings. The number of aromatic nitrogens is 5. The quantitative estimate of drug-likeness (QED) is 0.518. The molecular formula is C21H26N6OS. The Morgan fingerprint density at radius 3 is 2.79 bits per heavy atom. The first-order chi connectivity index (χ1) is 14.0. The van der Waals surface area contributed by atoms with E-state index < -0.39 is 0 Å². The molecule has 0 bridgehead atoms. The number of pyridine rings is 1. The maximum atomic E-state index is 6.09. The molecule has 4 aromatic rings. The van der Waals surface area contributed by atoms with Crippen molar-refractivity contribution in [2.24, 2.45) is 5.73 Å². The van der Waals surface area contributed by atoms with E-state index in [1.54, 1.807) is 29.3 Å². The summed E-state index contributed by atoms with van der Waals surface area (Å²) in [6.45, 7) is 4.44. The smallest absolute Gasteiger partial charge is 0.197 e. The molecule has 4 heterocycles. The molecular weight excluding hydrogens is 384 g/mol. The number of methoxy groups -OCH3 is 1. The van der Waals surface area contributed by atoms with Gasteiger partial charge in [-0.2, -0.15) is 5.10 Å². The van der Waals surface area contributed by atoms with Gasteiger partial charge in [-0.25, -0.2) is 14.5 Å². The van der Waals surface area contributed by atoms with Gasteiger partial charge in [-0.1, -0.05) is 13.8 Å². The fraction of sp³-hybridized carbons (Fsp3) is 0.476. The van der Waals surface area contributed by atoms with Crippen LogP contribution in [0.2, 0.25) is 0 Å². The molecule has 0 atom stereocenters. The zero-order chi connectivity index (χ0) is 20.1. The van der Waals surface area contributed by atoms with Gasteiger partial charge in [0.1, 0.15) is 16.7 Å². The highest BCUT2D eigenvalue weighted by atomic mass is 32.1. The molecule has 0 amide bonds. The summed E-state index contributed by atoms with van der Waals surface area (Å²) in [6.07, 6.45) is 8.01. The molecule has 0 saturated heterocycles. The number of nitrogens with zero attached hydrogens (tertiary/aromatic N) is 4.